The molecular weight excluding hydrogens is 685 g/mol. The zero-order valence-corrected chi connectivity index (χ0v) is 30.2. The second kappa shape index (κ2) is 12.1. The Labute approximate surface area is 321 Å². The van der Waals surface area contributed by atoms with Crippen LogP contribution in [-0.2, 0) is 0 Å². The second-order valence-corrected chi connectivity index (χ2v) is 14.7. The Morgan fingerprint density at radius 1 is 0.554 bits per heavy atom. The van der Waals surface area contributed by atoms with Gasteiger partial charge in [0, 0.05) is 38.9 Å². The van der Waals surface area contributed by atoms with Gasteiger partial charge >= 0.3 is 0 Å². The number of rotatable bonds is 5. The van der Waals surface area contributed by atoms with Crippen molar-refractivity contribution in [2.24, 2.45) is 0 Å². The smallest absolute Gasteiger partial charge is 0.163 e. The molecule has 5 nitrogen and oxygen atoms in total. The molecule has 0 spiro atoms. The molecule has 10 aromatic rings. The molecule has 0 bridgehead atoms. The maximum absolute atomic E-state index is 6.69. The van der Waals surface area contributed by atoms with Crippen molar-refractivity contribution in [3.05, 3.63) is 192 Å². The van der Waals surface area contributed by atoms with Crippen LogP contribution in [0.15, 0.2) is 180 Å². The largest absolute Gasteiger partial charge is 0.455 e. The van der Waals surface area contributed by atoms with E-state index < -0.39 is 0 Å². The summed E-state index contributed by atoms with van der Waals surface area (Å²) in [5.41, 5.74) is 12.1. The predicted molar refractivity (Wildman–Crippen MR) is 227 cm³/mol. The summed E-state index contributed by atoms with van der Waals surface area (Å²) in [6.45, 7) is 0. The molecule has 0 saturated heterocycles. The molecule has 0 aliphatic heterocycles. The van der Waals surface area contributed by atoms with Gasteiger partial charge in [0.2, 0.25) is 0 Å². The molecule has 56 heavy (non-hydrogen) atoms. The van der Waals surface area contributed by atoms with Crippen LogP contribution in [0.4, 0.5) is 0 Å². The Morgan fingerprint density at radius 3 is 2.02 bits per heavy atom. The van der Waals surface area contributed by atoms with Gasteiger partial charge in [-0.05, 0) is 81.6 Å². The Kier molecular flexibility index (Phi) is 6.69. The molecule has 262 valence electrons. The van der Waals surface area contributed by atoms with Crippen LogP contribution in [-0.4, -0.2) is 19.5 Å². The highest BCUT2D eigenvalue weighted by atomic mass is 16.3. The molecule has 2 aliphatic carbocycles. The first-order valence-electron chi connectivity index (χ1n) is 19.1. The van der Waals surface area contributed by atoms with Crippen molar-refractivity contribution in [2.45, 2.75) is 12.3 Å². The van der Waals surface area contributed by atoms with Gasteiger partial charge in [-0.3, -0.25) is 0 Å². The van der Waals surface area contributed by atoms with Crippen LogP contribution in [0.2, 0.25) is 0 Å². The molecule has 3 aromatic heterocycles. The standard InChI is InChI=1S/C51H32N4O/c1-4-14-31(15-5-1)49-52-50(32-16-6-2-7-17-32)54-51(53-49)40-24-13-23-38-37-22-12-21-35(45(37)46(38)40)33-26-28-42-41(30-33)47-43(55(42)34-18-8-3-9-19-34)29-27-39-36-20-10-11-25-44(36)56-48(39)47/h1-23,25-30,40H,24H2. The van der Waals surface area contributed by atoms with Gasteiger partial charge < -0.3 is 8.98 Å². The van der Waals surface area contributed by atoms with E-state index in [2.05, 4.69) is 138 Å². The third kappa shape index (κ3) is 4.58. The summed E-state index contributed by atoms with van der Waals surface area (Å²) in [7, 11) is 0. The summed E-state index contributed by atoms with van der Waals surface area (Å²) in [6, 6.07) is 57.5. The van der Waals surface area contributed by atoms with Crippen LogP contribution >= 0.6 is 0 Å². The van der Waals surface area contributed by atoms with Crippen molar-refractivity contribution in [3.8, 4) is 39.6 Å². The maximum atomic E-state index is 6.69. The molecule has 3 heterocycles. The predicted octanol–water partition coefficient (Wildman–Crippen LogP) is 10.9. The average Bonchev–Trinajstić information content (AvgIpc) is 3.81. The van der Waals surface area contributed by atoms with E-state index in [0.29, 0.717) is 11.6 Å². The molecule has 5 heteroatoms. The van der Waals surface area contributed by atoms with Gasteiger partial charge in [0.05, 0.1) is 16.4 Å². The van der Waals surface area contributed by atoms with Gasteiger partial charge in [-0.25, -0.2) is 15.0 Å². The lowest BCUT2D eigenvalue weighted by Gasteiger charge is -2.30. The van der Waals surface area contributed by atoms with Crippen molar-refractivity contribution < 1.29 is 4.42 Å². The highest BCUT2D eigenvalue weighted by molar-refractivity contribution is 6.24. The monoisotopic (exact) mass is 716 g/mol. The summed E-state index contributed by atoms with van der Waals surface area (Å²) in [4.78, 5) is 15.4. The lowest BCUT2D eigenvalue weighted by molar-refractivity contribution is 0.673. The third-order valence-electron chi connectivity index (χ3n) is 11.5. The summed E-state index contributed by atoms with van der Waals surface area (Å²) in [6.07, 6.45) is 5.37. The lowest BCUT2D eigenvalue weighted by atomic mass is 9.74. The van der Waals surface area contributed by atoms with E-state index in [1.807, 2.05) is 42.5 Å². The van der Waals surface area contributed by atoms with Crippen LogP contribution in [0.5, 0.6) is 0 Å². The normalized spacial score (nSPS) is 14.8. The zero-order valence-electron chi connectivity index (χ0n) is 30.2. The fourth-order valence-electron chi connectivity index (χ4n) is 9.03. The fourth-order valence-corrected chi connectivity index (χ4v) is 9.03. The molecule has 1 unspecified atom stereocenters. The summed E-state index contributed by atoms with van der Waals surface area (Å²) >= 11 is 0. The van der Waals surface area contributed by atoms with Gasteiger partial charge in [0.25, 0.3) is 0 Å². The first-order valence-corrected chi connectivity index (χ1v) is 19.1. The SMILES string of the molecule is C1=CC2=c3cccc(-c4ccc5c(c4)c4c6oc7ccccc7c6ccc4n5-c4ccccc4)c3=C2C(c2nc(-c3ccccc3)nc(-c3ccccc3)n2)C1. The minimum Gasteiger partial charge on any atom is -0.455 e. The van der Waals surface area contributed by atoms with Gasteiger partial charge in [-0.1, -0.05) is 133 Å². The number of fused-ring (bicyclic) bond motifs is 9. The molecule has 7 aromatic carbocycles. The Bertz CT molecular complexity index is 3320. The number of hydrogen-bond donors (Lipinski definition) is 0. The van der Waals surface area contributed by atoms with Gasteiger partial charge in [-0.2, -0.15) is 0 Å². The number of furan rings is 1. The number of allylic oxidation sites excluding steroid dienone is 2. The van der Waals surface area contributed by atoms with E-state index in [1.54, 1.807) is 0 Å². The molecule has 1 atom stereocenters. The number of para-hydroxylation sites is 2. The van der Waals surface area contributed by atoms with Crippen molar-refractivity contribution in [1.29, 1.82) is 0 Å². The minimum atomic E-state index is -0.0181. The summed E-state index contributed by atoms with van der Waals surface area (Å²) < 4.78 is 9.06. The maximum Gasteiger partial charge on any atom is 0.163 e. The lowest BCUT2D eigenvalue weighted by Crippen LogP contribution is -2.42. The van der Waals surface area contributed by atoms with Gasteiger partial charge in [-0.15, -0.1) is 0 Å². The molecule has 0 saturated carbocycles. The van der Waals surface area contributed by atoms with E-state index in [0.717, 1.165) is 72.8 Å². The van der Waals surface area contributed by atoms with E-state index in [-0.39, 0.29) is 5.92 Å². The molecule has 12 rings (SSSR count). The van der Waals surface area contributed by atoms with E-state index >= 15 is 0 Å². The van der Waals surface area contributed by atoms with Gasteiger partial charge in [0.15, 0.2) is 11.6 Å². The zero-order chi connectivity index (χ0) is 36.7. The van der Waals surface area contributed by atoms with Crippen molar-refractivity contribution in [2.75, 3.05) is 0 Å². The number of benzene rings is 7. The number of hydrogen-bond acceptors (Lipinski definition) is 4. The molecular formula is C51H32N4O. The van der Waals surface area contributed by atoms with Crippen molar-refractivity contribution in [1.82, 2.24) is 19.5 Å². The van der Waals surface area contributed by atoms with E-state index in [9.17, 15) is 0 Å². The molecule has 0 radical (unpaired) electrons. The first-order chi connectivity index (χ1) is 27.8. The van der Waals surface area contributed by atoms with E-state index in [1.165, 1.54) is 32.7 Å². The Balaban J connectivity index is 1.09. The topological polar surface area (TPSA) is 56.7 Å². The van der Waals surface area contributed by atoms with Crippen LogP contribution in [0.1, 0.15) is 18.2 Å². The van der Waals surface area contributed by atoms with Crippen LogP contribution in [0, 0.1) is 0 Å². The molecule has 0 fully saturated rings. The van der Waals surface area contributed by atoms with Crippen molar-refractivity contribution in [3.63, 3.8) is 0 Å². The number of aromatic nitrogens is 4. The highest BCUT2D eigenvalue weighted by Crippen LogP contribution is 2.43. The summed E-state index contributed by atoms with van der Waals surface area (Å²) in [5, 5.41) is 7.09. The third-order valence-corrected chi connectivity index (χ3v) is 11.5. The van der Waals surface area contributed by atoms with Gasteiger partial charge in [0.1, 0.15) is 17.0 Å². The van der Waals surface area contributed by atoms with E-state index in [4.69, 9.17) is 19.4 Å². The Morgan fingerprint density at radius 2 is 1.25 bits per heavy atom. The first kappa shape index (κ1) is 31.0. The van der Waals surface area contributed by atoms with Crippen LogP contribution in [0.3, 0.4) is 0 Å². The van der Waals surface area contributed by atoms with Crippen LogP contribution in [0.25, 0.3) is 94.5 Å². The summed E-state index contributed by atoms with van der Waals surface area (Å²) in [5.74, 6) is 2.16. The second-order valence-electron chi connectivity index (χ2n) is 14.7. The van der Waals surface area contributed by atoms with Crippen molar-refractivity contribution >= 4 is 54.9 Å². The quantitative estimate of drug-likeness (QED) is 0.178. The van der Waals surface area contributed by atoms with Crippen LogP contribution < -0.4 is 10.4 Å². The molecule has 2 aliphatic rings. The number of nitrogens with zero attached hydrogens (tertiary/aromatic N) is 4. The molecule has 0 amide bonds. The average molecular weight is 717 g/mol. The highest BCUT2D eigenvalue weighted by Gasteiger charge is 2.32. The Hall–Kier alpha value is -7.37. The fraction of sp³-hybridized carbons (Fsp3) is 0.0392. The minimum absolute atomic E-state index is 0.0181. The molecule has 0 N–H and O–H groups in total.